The number of hydrazine groups is 1. The van der Waals surface area contributed by atoms with Crippen molar-refractivity contribution in [2.45, 2.75) is 18.5 Å². The fourth-order valence-corrected chi connectivity index (χ4v) is 3.04. The molecule has 2 unspecified atom stereocenters. The van der Waals surface area contributed by atoms with Crippen molar-refractivity contribution in [1.82, 2.24) is 16.3 Å². The molecule has 0 aliphatic carbocycles. The third kappa shape index (κ3) is 4.13. The average molecular weight is 363 g/mol. The molecule has 0 aromatic heterocycles. The van der Waals surface area contributed by atoms with Crippen molar-refractivity contribution in [3.8, 4) is 0 Å². The molecule has 24 heavy (non-hydrogen) atoms. The summed E-state index contributed by atoms with van der Waals surface area (Å²) >= 11 is 12.1. The molecular formula is C17H16Cl2N4O. The molecule has 0 bridgehead atoms. The molecule has 3 rings (SSSR count). The second-order valence-corrected chi connectivity index (χ2v) is 6.28. The summed E-state index contributed by atoms with van der Waals surface area (Å²) in [4.78, 5) is 12.2. The Bertz CT molecular complexity index is 752. The zero-order valence-electron chi connectivity index (χ0n) is 12.7. The van der Waals surface area contributed by atoms with Crippen LogP contribution in [-0.2, 0) is 4.79 Å². The molecule has 1 aliphatic heterocycles. The van der Waals surface area contributed by atoms with E-state index in [1.807, 2.05) is 36.4 Å². The minimum atomic E-state index is -0.394. The van der Waals surface area contributed by atoms with E-state index in [1.54, 1.807) is 18.3 Å². The number of carbonyl (C=O) groups is 1. The van der Waals surface area contributed by atoms with Gasteiger partial charge in [0.05, 0.1) is 6.21 Å². The molecule has 0 radical (unpaired) electrons. The molecule has 1 amide bonds. The summed E-state index contributed by atoms with van der Waals surface area (Å²) in [5.74, 6) is -0.206. The number of hydrogen-bond acceptors (Lipinski definition) is 4. The fraction of sp³-hybridized carbons (Fsp3) is 0.176. The number of amides is 1. The van der Waals surface area contributed by atoms with E-state index in [0.717, 1.165) is 11.1 Å². The Hall–Kier alpha value is -1.92. The van der Waals surface area contributed by atoms with Crippen LogP contribution in [0.15, 0.2) is 53.6 Å². The van der Waals surface area contributed by atoms with Crippen LogP contribution in [0.1, 0.15) is 23.6 Å². The first kappa shape index (κ1) is 16.9. The van der Waals surface area contributed by atoms with Crippen LogP contribution < -0.4 is 16.3 Å². The molecule has 2 atom stereocenters. The average Bonchev–Trinajstić information content (AvgIpc) is 3.05. The Morgan fingerprint density at radius 2 is 1.96 bits per heavy atom. The van der Waals surface area contributed by atoms with Gasteiger partial charge in [-0.1, -0.05) is 59.6 Å². The Labute approximate surface area is 150 Å². The van der Waals surface area contributed by atoms with E-state index in [2.05, 4.69) is 21.4 Å². The van der Waals surface area contributed by atoms with Crippen LogP contribution >= 0.6 is 23.2 Å². The van der Waals surface area contributed by atoms with Gasteiger partial charge in [-0.2, -0.15) is 5.10 Å². The second-order valence-electron chi connectivity index (χ2n) is 5.44. The van der Waals surface area contributed by atoms with Gasteiger partial charge in [-0.05, 0) is 29.7 Å². The predicted octanol–water partition coefficient (Wildman–Crippen LogP) is 3.05. The molecule has 3 N–H and O–H groups in total. The highest BCUT2D eigenvalue weighted by Gasteiger charge is 2.31. The van der Waals surface area contributed by atoms with Crippen molar-refractivity contribution in [3.05, 3.63) is 69.7 Å². The van der Waals surface area contributed by atoms with Gasteiger partial charge in [-0.25, -0.2) is 16.3 Å². The Kier molecular flexibility index (Phi) is 5.48. The van der Waals surface area contributed by atoms with Gasteiger partial charge in [0.2, 0.25) is 0 Å². The highest BCUT2D eigenvalue weighted by Crippen LogP contribution is 2.30. The molecule has 124 valence electrons. The maximum absolute atomic E-state index is 12.2. The quantitative estimate of drug-likeness (QED) is 0.578. The largest absolute Gasteiger partial charge is 0.271 e. The standard InChI is InChI=1S/C17H16Cl2N4O/c18-12-6-7-13(14(19)8-12)15-9-16(22-21-15)17(24)23-20-10-11-4-2-1-3-5-11/h1-8,10,15-16,21-22H,9H2,(H,23,24)/b20-10+. The molecule has 7 heteroatoms. The van der Waals surface area contributed by atoms with Crippen molar-refractivity contribution >= 4 is 35.3 Å². The van der Waals surface area contributed by atoms with E-state index in [1.165, 1.54) is 0 Å². The summed E-state index contributed by atoms with van der Waals surface area (Å²) in [5, 5.41) is 5.13. The highest BCUT2D eigenvalue weighted by atomic mass is 35.5. The van der Waals surface area contributed by atoms with Gasteiger partial charge in [-0.15, -0.1) is 0 Å². The molecular weight excluding hydrogens is 347 g/mol. The molecule has 0 spiro atoms. The van der Waals surface area contributed by atoms with Crippen molar-refractivity contribution in [2.75, 3.05) is 0 Å². The third-order valence-corrected chi connectivity index (χ3v) is 4.31. The first-order valence-corrected chi connectivity index (χ1v) is 8.23. The van der Waals surface area contributed by atoms with Crippen LogP contribution in [0, 0.1) is 0 Å². The number of nitrogens with one attached hydrogen (secondary N) is 3. The lowest BCUT2D eigenvalue weighted by atomic mass is 10.0. The normalized spacial score (nSPS) is 20.4. The van der Waals surface area contributed by atoms with Gasteiger partial charge < -0.3 is 0 Å². The summed E-state index contributed by atoms with van der Waals surface area (Å²) in [7, 11) is 0. The summed E-state index contributed by atoms with van der Waals surface area (Å²) in [6.07, 6.45) is 2.17. The van der Waals surface area contributed by atoms with E-state index in [9.17, 15) is 4.79 Å². The first-order chi connectivity index (χ1) is 11.6. The van der Waals surface area contributed by atoms with Crippen molar-refractivity contribution in [2.24, 2.45) is 5.10 Å². The lowest BCUT2D eigenvalue weighted by Gasteiger charge is -2.11. The number of carbonyl (C=O) groups excluding carboxylic acids is 1. The molecule has 1 heterocycles. The van der Waals surface area contributed by atoms with Gasteiger partial charge >= 0.3 is 0 Å². The van der Waals surface area contributed by atoms with Gasteiger partial charge in [0.1, 0.15) is 6.04 Å². The molecule has 5 nitrogen and oxygen atoms in total. The van der Waals surface area contributed by atoms with Crippen LogP contribution in [0.3, 0.4) is 0 Å². The molecule has 2 aromatic carbocycles. The first-order valence-electron chi connectivity index (χ1n) is 7.47. The van der Waals surface area contributed by atoms with Gasteiger partial charge in [0.25, 0.3) is 5.91 Å². The minimum Gasteiger partial charge on any atom is -0.271 e. The number of nitrogens with zero attached hydrogens (tertiary/aromatic N) is 1. The minimum absolute atomic E-state index is 0.0661. The maximum Gasteiger partial charge on any atom is 0.258 e. The SMILES string of the molecule is O=C(N/N=C/c1ccccc1)C1CC(c2ccc(Cl)cc2Cl)NN1. The number of hydrazone groups is 1. The number of benzene rings is 2. The predicted molar refractivity (Wildman–Crippen MR) is 96.1 cm³/mol. The van der Waals surface area contributed by atoms with Gasteiger partial charge in [-0.3, -0.25) is 4.79 Å². The Morgan fingerprint density at radius 1 is 1.17 bits per heavy atom. The lowest BCUT2D eigenvalue weighted by molar-refractivity contribution is -0.122. The Balaban J connectivity index is 1.57. The van der Waals surface area contributed by atoms with Crippen molar-refractivity contribution in [1.29, 1.82) is 0 Å². The van der Waals surface area contributed by atoms with Crippen LogP contribution in [-0.4, -0.2) is 18.2 Å². The van der Waals surface area contributed by atoms with E-state index in [-0.39, 0.29) is 11.9 Å². The summed E-state index contributed by atoms with van der Waals surface area (Å²) in [6, 6.07) is 14.4. The number of hydrogen-bond donors (Lipinski definition) is 3. The van der Waals surface area contributed by atoms with Crippen molar-refractivity contribution < 1.29 is 4.79 Å². The van der Waals surface area contributed by atoms with Gasteiger partial charge in [0.15, 0.2) is 0 Å². The molecule has 1 saturated heterocycles. The highest BCUT2D eigenvalue weighted by molar-refractivity contribution is 6.35. The molecule has 2 aromatic rings. The van der Waals surface area contributed by atoms with E-state index in [0.29, 0.717) is 16.5 Å². The molecule has 0 saturated carbocycles. The fourth-order valence-electron chi connectivity index (χ4n) is 2.50. The zero-order valence-corrected chi connectivity index (χ0v) is 14.2. The zero-order chi connectivity index (χ0) is 16.9. The topological polar surface area (TPSA) is 65.5 Å². The van der Waals surface area contributed by atoms with E-state index < -0.39 is 6.04 Å². The van der Waals surface area contributed by atoms with Crippen LogP contribution in [0.5, 0.6) is 0 Å². The van der Waals surface area contributed by atoms with Crippen LogP contribution in [0.2, 0.25) is 10.0 Å². The number of halogens is 2. The summed E-state index contributed by atoms with van der Waals surface area (Å²) in [5.41, 5.74) is 10.4. The maximum atomic E-state index is 12.2. The smallest absolute Gasteiger partial charge is 0.258 e. The third-order valence-electron chi connectivity index (χ3n) is 3.75. The monoisotopic (exact) mass is 362 g/mol. The lowest BCUT2D eigenvalue weighted by Crippen LogP contribution is -2.41. The van der Waals surface area contributed by atoms with Gasteiger partial charge in [0, 0.05) is 16.1 Å². The Morgan fingerprint density at radius 3 is 2.71 bits per heavy atom. The number of rotatable bonds is 4. The van der Waals surface area contributed by atoms with E-state index in [4.69, 9.17) is 23.2 Å². The van der Waals surface area contributed by atoms with Crippen molar-refractivity contribution in [3.63, 3.8) is 0 Å². The van der Waals surface area contributed by atoms with E-state index >= 15 is 0 Å². The van der Waals surface area contributed by atoms with Crippen LogP contribution in [0.25, 0.3) is 0 Å². The molecule has 1 fully saturated rings. The summed E-state index contributed by atoms with van der Waals surface area (Å²) < 4.78 is 0. The van der Waals surface area contributed by atoms with Crippen LogP contribution in [0.4, 0.5) is 0 Å². The summed E-state index contributed by atoms with van der Waals surface area (Å²) in [6.45, 7) is 0. The molecule has 1 aliphatic rings. The second kappa shape index (κ2) is 7.77.